The van der Waals surface area contributed by atoms with E-state index >= 15 is 0 Å². The number of nitrogens with two attached hydrogens (primary N) is 2. The third-order valence-corrected chi connectivity index (χ3v) is 6.95. The van der Waals surface area contributed by atoms with E-state index in [0.717, 1.165) is 43.2 Å². The molecule has 2 fully saturated rings. The highest BCUT2D eigenvalue weighted by molar-refractivity contribution is 5.56. The molecule has 1 aromatic rings. The fourth-order valence-corrected chi connectivity index (χ4v) is 5.32. The Hall–Kier alpha value is -1.54. The monoisotopic (exact) mass is 403 g/mol. The number of rotatable bonds is 6. The van der Waals surface area contributed by atoms with E-state index < -0.39 is 12.3 Å². The number of aromatic nitrogens is 1. The summed E-state index contributed by atoms with van der Waals surface area (Å²) in [6.07, 6.45) is 6.80. The molecule has 7 nitrogen and oxygen atoms in total. The molecular weight excluding hydrogens is 366 g/mol. The van der Waals surface area contributed by atoms with Crippen LogP contribution < -0.4 is 22.1 Å². The Kier molecular flexibility index (Phi) is 7.27. The largest absolute Gasteiger partial charge is 0.387 e. The number of aldehydes is 1. The third-order valence-electron chi connectivity index (χ3n) is 6.95. The molecule has 1 saturated heterocycles. The summed E-state index contributed by atoms with van der Waals surface area (Å²) in [5, 5.41) is 17.5. The van der Waals surface area contributed by atoms with Crippen molar-refractivity contribution in [3.63, 3.8) is 0 Å². The zero-order valence-corrected chi connectivity index (χ0v) is 17.8. The van der Waals surface area contributed by atoms with Crippen molar-refractivity contribution in [2.24, 2.45) is 35.1 Å². The third kappa shape index (κ3) is 4.79. The molecule has 29 heavy (non-hydrogen) atoms. The van der Waals surface area contributed by atoms with E-state index in [9.17, 15) is 9.90 Å². The number of pyridine rings is 1. The van der Waals surface area contributed by atoms with Gasteiger partial charge in [0.05, 0.1) is 29.8 Å². The number of nitrogens with zero attached hydrogens (tertiary/aromatic N) is 1. The van der Waals surface area contributed by atoms with Crippen LogP contribution in [0.2, 0.25) is 0 Å². The van der Waals surface area contributed by atoms with Gasteiger partial charge in [0.25, 0.3) is 0 Å². The average molecular weight is 404 g/mol. The van der Waals surface area contributed by atoms with Crippen LogP contribution in [0.15, 0.2) is 12.3 Å². The van der Waals surface area contributed by atoms with Crippen LogP contribution in [0.3, 0.4) is 0 Å². The summed E-state index contributed by atoms with van der Waals surface area (Å²) in [5.74, 6) is 0.854. The summed E-state index contributed by atoms with van der Waals surface area (Å²) in [7, 11) is 0. The molecule has 3 rings (SSSR count). The van der Waals surface area contributed by atoms with Crippen molar-refractivity contribution in [1.82, 2.24) is 10.3 Å². The molecule has 1 aliphatic heterocycles. The molecule has 7 heteroatoms. The van der Waals surface area contributed by atoms with Crippen LogP contribution in [0, 0.1) is 30.6 Å². The van der Waals surface area contributed by atoms with Crippen molar-refractivity contribution in [2.75, 3.05) is 5.32 Å². The summed E-state index contributed by atoms with van der Waals surface area (Å²) in [6.45, 7) is 5.95. The summed E-state index contributed by atoms with van der Waals surface area (Å²) >= 11 is 0. The maximum absolute atomic E-state index is 11.7. The van der Waals surface area contributed by atoms with Gasteiger partial charge in [-0.3, -0.25) is 10.3 Å². The molecule has 0 radical (unpaired) electrons. The van der Waals surface area contributed by atoms with Crippen LogP contribution in [0.4, 0.5) is 5.69 Å². The highest BCUT2D eigenvalue weighted by Gasteiger charge is 2.42. The molecule has 7 N–H and O–H groups in total. The number of piperidine rings is 1. The molecule has 0 bridgehead atoms. The summed E-state index contributed by atoms with van der Waals surface area (Å²) in [6, 6.07) is 2.16. The van der Waals surface area contributed by atoms with Crippen molar-refractivity contribution in [3.8, 4) is 0 Å². The van der Waals surface area contributed by atoms with Gasteiger partial charge in [-0.15, -0.1) is 0 Å². The second kappa shape index (κ2) is 9.51. The number of nitrogens with one attached hydrogen (secondary N) is 2. The molecule has 1 saturated carbocycles. The van der Waals surface area contributed by atoms with E-state index in [1.54, 1.807) is 13.1 Å². The van der Waals surface area contributed by atoms with Crippen LogP contribution in [0.25, 0.3) is 0 Å². The van der Waals surface area contributed by atoms with E-state index in [1.165, 1.54) is 6.42 Å². The van der Waals surface area contributed by atoms with Gasteiger partial charge >= 0.3 is 0 Å². The van der Waals surface area contributed by atoms with Crippen molar-refractivity contribution in [1.29, 1.82) is 0 Å². The van der Waals surface area contributed by atoms with Crippen LogP contribution in [-0.4, -0.2) is 34.8 Å². The quantitative estimate of drug-likeness (QED) is 0.363. The first kappa shape index (κ1) is 22.2. The SMILES string of the molecule is Cc1ccnc(C(C)O)c1NC1NC(C2CCCCC2C=O)C(C)CC1C(N)N. The molecule has 0 aromatic carbocycles. The van der Waals surface area contributed by atoms with Crippen LogP contribution in [0.1, 0.15) is 63.3 Å². The lowest BCUT2D eigenvalue weighted by molar-refractivity contribution is -0.114. The number of anilines is 1. The fraction of sp³-hybridized carbons (Fsp3) is 0.727. The summed E-state index contributed by atoms with van der Waals surface area (Å²) in [4.78, 5) is 16.1. The molecule has 1 aromatic heterocycles. The van der Waals surface area contributed by atoms with Gasteiger partial charge in [0.1, 0.15) is 6.29 Å². The van der Waals surface area contributed by atoms with E-state index in [1.807, 2.05) is 13.0 Å². The molecule has 0 spiro atoms. The molecule has 7 unspecified atom stereocenters. The normalized spacial score (nSPS) is 34.0. The Morgan fingerprint density at radius 2 is 2.07 bits per heavy atom. The fourth-order valence-electron chi connectivity index (χ4n) is 5.32. The second-order valence-corrected chi connectivity index (χ2v) is 9.08. The zero-order chi connectivity index (χ0) is 21.1. The van der Waals surface area contributed by atoms with Gasteiger partial charge in [-0.05, 0) is 56.6 Å². The predicted molar refractivity (Wildman–Crippen MR) is 115 cm³/mol. The predicted octanol–water partition coefficient (Wildman–Crippen LogP) is 2.04. The van der Waals surface area contributed by atoms with Gasteiger partial charge in [0.2, 0.25) is 0 Å². The Labute approximate surface area is 174 Å². The highest BCUT2D eigenvalue weighted by atomic mass is 16.3. The number of carbonyl (C=O) groups is 1. The van der Waals surface area contributed by atoms with Gasteiger partial charge < -0.3 is 26.7 Å². The first-order chi connectivity index (χ1) is 13.8. The molecule has 7 atom stereocenters. The van der Waals surface area contributed by atoms with Crippen molar-refractivity contribution < 1.29 is 9.90 Å². The van der Waals surface area contributed by atoms with Crippen molar-refractivity contribution >= 4 is 12.0 Å². The molecule has 2 aliphatic rings. The van der Waals surface area contributed by atoms with Crippen LogP contribution in [-0.2, 0) is 4.79 Å². The first-order valence-electron chi connectivity index (χ1n) is 11.0. The Morgan fingerprint density at radius 3 is 2.72 bits per heavy atom. The Balaban J connectivity index is 1.88. The number of aliphatic hydroxyl groups excluding tert-OH is 1. The lowest BCUT2D eigenvalue weighted by Crippen LogP contribution is -2.63. The molecular formula is C22H37N5O2. The van der Waals surface area contributed by atoms with Crippen molar-refractivity contribution in [3.05, 3.63) is 23.5 Å². The number of aryl methyl sites for hydroxylation is 1. The van der Waals surface area contributed by atoms with E-state index in [2.05, 4.69) is 22.5 Å². The minimum atomic E-state index is -0.682. The summed E-state index contributed by atoms with van der Waals surface area (Å²) in [5.41, 5.74) is 14.8. The zero-order valence-electron chi connectivity index (χ0n) is 17.8. The minimum Gasteiger partial charge on any atom is -0.387 e. The van der Waals surface area contributed by atoms with Gasteiger partial charge in [-0.25, -0.2) is 0 Å². The van der Waals surface area contributed by atoms with E-state index in [0.29, 0.717) is 17.5 Å². The lowest BCUT2D eigenvalue weighted by Gasteiger charge is -2.48. The van der Waals surface area contributed by atoms with E-state index in [4.69, 9.17) is 11.5 Å². The van der Waals surface area contributed by atoms with Gasteiger partial charge in [-0.2, -0.15) is 0 Å². The Bertz CT molecular complexity index is 696. The van der Waals surface area contributed by atoms with Crippen LogP contribution in [0.5, 0.6) is 0 Å². The topological polar surface area (TPSA) is 126 Å². The second-order valence-electron chi connectivity index (χ2n) is 9.08. The molecule has 0 amide bonds. The van der Waals surface area contributed by atoms with Crippen LogP contribution >= 0.6 is 0 Å². The maximum atomic E-state index is 11.7. The first-order valence-corrected chi connectivity index (χ1v) is 11.0. The van der Waals surface area contributed by atoms with Gasteiger partial charge in [0.15, 0.2) is 0 Å². The Morgan fingerprint density at radius 1 is 1.34 bits per heavy atom. The molecule has 162 valence electrons. The minimum absolute atomic E-state index is 0.0287. The van der Waals surface area contributed by atoms with Gasteiger partial charge in [-0.1, -0.05) is 19.8 Å². The van der Waals surface area contributed by atoms with E-state index in [-0.39, 0.29) is 24.0 Å². The number of hydrogen-bond acceptors (Lipinski definition) is 7. The van der Waals surface area contributed by atoms with Crippen molar-refractivity contribution in [2.45, 2.75) is 77.4 Å². The lowest BCUT2D eigenvalue weighted by atomic mass is 9.69. The highest BCUT2D eigenvalue weighted by Crippen LogP contribution is 2.39. The average Bonchev–Trinajstić information content (AvgIpc) is 2.70. The summed E-state index contributed by atoms with van der Waals surface area (Å²) < 4.78 is 0. The standard InChI is InChI=1S/C22H37N5O2/c1-12-8-9-25-20(14(3)29)19(12)27-22-17(21(23)24)10-13(2)18(26-22)16-7-5-4-6-15(16)11-28/h8-9,11,13-18,21-22,26-27,29H,4-7,10,23-24H2,1-3H3. The molecule has 2 heterocycles. The number of aliphatic hydroxyl groups is 1. The molecule has 1 aliphatic carbocycles. The number of carbonyl (C=O) groups excluding carboxylic acids is 1. The smallest absolute Gasteiger partial charge is 0.123 e. The maximum Gasteiger partial charge on any atom is 0.123 e. The number of hydrogen-bond donors (Lipinski definition) is 5. The van der Waals surface area contributed by atoms with Gasteiger partial charge in [0, 0.05) is 24.1 Å².